The summed E-state index contributed by atoms with van der Waals surface area (Å²) in [6, 6.07) is 8.31. The van der Waals surface area contributed by atoms with Gasteiger partial charge in [-0.05, 0) is 63.1 Å². The number of likely N-dealkylation sites (tertiary alicyclic amines) is 1. The molecule has 0 saturated carbocycles. The number of rotatable bonds is 14. The fraction of sp³-hybridized carbons (Fsp3) is 0.455. The first kappa shape index (κ1) is 45.8. The van der Waals surface area contributed by atoms with Gasteiger partial charge in [0.05, 0.1) is 53.3 Å². The molecule has 2 unspecified atom stereocenters. The number of anilines is 2. The molecule has 4 fully saturated rings. The lowest BCUT2D eigenvalue weighted by Gasteiger charge is -2.47. The van der Waals surface area contributed by atoms with Crippen molar-refractivity contribution in [3.8, 4) is 0 Å². The monoisotopic (exact) mass is 932 g/mol. The Bertz CT molecular complexity index is 2480. The van der Waals surface area contributed by atoms with Crippen LogP contribution in [0, 0.1) is 23.7 Å². The minimum atomic E-state index is -1.34. The molecule has 65 heavy (non-hydrogen) atoms. The fourth-order valence-corrected chi connectivity index (χ4v) is 13.1. The van der Waals surface area contributed by atoms with Crippen LogP contribution >= 0.6 is 23.5 Å². The van der Waals surface area contributed by atoms with Gasteiger partial charge in [-0.2, -0.15) is 0 Å². The number of hydrogen-bond donors (Lipinski definition) is 8. The summed E-state index contributed by atoms with van der Waals surface area (Å²) >= 11 is 2.45. The van der Waals surface area contributed by atoms with Crippen LogP contribution in [0.3, 0.4) is 0 Å². The number of aliphatic hydroxyl groups is 2. The molecule has 0 radical (unpaired) electrons. The van der Waals surface area contributed by atoms with Gasteiger partial charge in [0, 0.05) is 56.6 Å². The van der Waals surface area contributed by atoms with Crippen molar-refractivity contribution in [2.24, 2.45) is 23.7 Å². The molecule has 4 saturated heterocycles. The van der Waals surface area contributed by atoms with E-state index in [-0.39, 0.29) is 46.4 Å². The van der Waals surface area contributed by atoms with Crippen molar-refractivity contribution in [2.45, 2.75) is 87.4 Å². The van der Waals surface area contributed by atoms with Gasteiger partial charge in [0.2, 0.25) is 23.6 Å². The number of thioether (sulfide) groups is 2. The molecule has 344 valence electrons. The SMILES string of the molecule is C[C@@H](O)C1C(=O)N2C(C(=O)O)=C(S[C@H]3C[C@@H](C(=O)Nc4cccc(C(=O)O)c4)N(C(=O)C4=C(S[C@@H]5CN[C@H](C(=O)Nc6cccc(C(=O)O)c6)C5)[C@H](C)[C@@H]5C([C@@H](C)O)C(=O)N45)C3)[C@H](C)[C@H]12. The molecule has 0 aromatic heterocycles. The first-order chi connectivity index (χ1) is 30.8. The van der Waals surface area contributed by atoms with E-state index in [4.69, 9.17) is 0 Å². The summed E-state index contributed by atoms with van der Waals surface area (Å²) in [5.74, 6) is -9.02. The molecule has 2 aromatic rings. The molecule has 0 bridgehead atoms. The Labute approximate surface area is 380 Å². The van der Waals surface area contributed by atoms with Gasteiger partial charge in [-0.15, -0.1) is 23.5 Å². The molecule has 12 atom stereocenters. The number of carboxylic acids is 3. The molecular weight excluding hydrogens is 885 g/mol. The summed E-state index contributed by atoms with van der Waals surface area (Å²) in [6.07, 6.45) is -1.78. The lowest BCUT2D eigenvalue weighted by Crippen LogP contribution is -2.64. The zero-order chi connectivity index (χ0) is 46.9. The number of nitrogens with zero attached hydrogens (tertiary/aromatic N) is 3. The molecule has 5 amide bonds. The second kappa shape index (κ2) is 17.6. The molecule has 2 aromatic carbocycles. The van der Waals surface area contributed by atoms with Crippen molar-refractivity contribution in [1.82, 2.24) is 20.0 Å². The highest BCUT2D eigenvalue weighted by Gasteiger charge is 2.63. The van der Waals surface area contributed by atoms with E-state index in [1.807, 2.05) is 6.92 Å². The highest BCUT2D eigenvalue weighted by molar-refractivity contribution is 8.04. The smallest absolute Gasteiger partial charge is 0.353 e. The van der Waals surface area contributed by atoms with Gasteiger partial charge < -0.3 is 56.2 Å². The van der Waals surface area contributed by atoms with E-state index in [9.17, 15) is 59.1 Å². The van der Waals surface area contributed by atoms with Gasteiger partial charge in [-0.3, -0.25) is 24.0 Å². The quantitative estimate of drug-likeness (QED) is 0.126. The van der Waals surface area contributed by atoms with Crippen LogP contribution in [0.1, 0.15) is 61.3 Å². The Kier molecular flexibility index (Phi) is 12.4. The number of aliphatic hydroxyl groups excluding tert-OH is 2. The second-order valence-electron chi connectivity index (χ2n) is 17.4. The Hall–Kier alpha value is -5.74. The van der Waals surface area contributed by atoms with Crippen molar-refractivity contribution in [2.75, 3.05) is 23.7 Å². The molecule has 21 heteroatoms. The zero-order valence-corrected chi connectivity index (χ0v) is 37.2. The zero-order valence-electron chi connectivity index (χ0n) is 35.5. The van der Waals surface area contributed by atoms with E-state index in [0.717, 1.165) is 11.8 Å². The van der Waals surface area contributed by atoms with Gasteiger partial charge in [0.15, 0.2) is 0 Å². The van der Waals surface area contributed by atoms with Crippen molar-refractivity contribution >= 4 is 82.3 Å². The van der Waals surface area contributed by atoms with Crippen LogP contribution in [0.2, 0.25) is 0 Å². The number of carbonyl (C=O) groups is 8. The van der Waals surface area contributed by atoms with Crippen molar-refractivity contribution in [3.05, 3.63) is 80.9 Å². The van der Waals surface area contributed by atoms with Crippen LogP contribution in [-0.2, 0) is 28.8 Å². The number of aliphatic carboxylic acids is 1. The number of carbonyl (C=O) groups excluding carboxylic acids is 5. The average Bonchev–Trinajstić information content (AvgIpc) is 4.00. The average molecular weight is 933 g/mol. The van der Waals surface area contributed by atoms with Crippen LogP contribution in [0.4, 0.5) is 11.4 Å². The molecule has 6 aliphatic rings. The molecule has 8 N–H and O–H groups in total. The minimum absolute atomic E-state index is 0.000117. The molecule has 6 heterocycles. The first-order valence-electron chi connectivity index (χ1n) is 21.2. The minimum Gasteiger partial charge on any atom is -0.478 e. The first-order valence-corrected chi connectivity index (χ1v) is 22.9. The Morgan fingerprint density at radius 3 is 1.69 bits per heavy atom. The maximum absolute atomic E-state index is 15.3. The van der Waals surface area contributed by atoms with E-state index in [1.165, 1.54) is 82.8 Å². The summed E-state index contributed by atoms with van der Waals surface area (Å²) in [6.45, 7) is 6.81. The van der Waals surface area contributed by atoms with Crippen LogP contribution in [0.5, 0.6) is 0 Å². The van der Waals surface area contributed by atoms with Crippen LogP contribution in [0.15, 0.2) is 69.7 Å². The fourth-order valence-electron chi connectivity index (χ4n) is 10.1. The van der Waals surface area contributed by atoms with Crippen LogP contribution in [0.25, 0.3) is 0 Å². The summed E-state index contributed by atoms with van der Waals surface area (Å²) in [4.78, 5) is 111. The van der Waals surface area contributed by atoms with Gasteiger partial charge in [0.1, 0.15) is 17.4 Å². The third kappa shape index (κ3) is 8.06. The lowest BCUT2D eigenvalue weighted by atomic mass is 9.79. The van der Waals surface area contributed by atoms with E-state index < -0.39 is 113 Å². The van der Waals surface area contributed by atoms with Crippen molar-refractivity contribution in [3.63, 3.8) is 0 Å². The number of benzene rings is 2. The summed E-state index contributed by atoms with van der Waals surface area (Å²) in [7, 11) is 0. The second-order valence-corrected chi connectivity index (χ2v) is 20.1. The topological polar surface area (TPSA) is 284 Å². The van der Waals surface area contributed by atoms with Crippen molar-refractivity contribution in [1.29, 1.82) is 0 Å². The number of β-lactam (4-membered cyclic amide) rings is 2. The molecule has 0 spiro atoms. The number of fused-ring (bicyclic) bond motifs is 2. The van der Waals surface area contributed by atoms with Gasteiger partial charge in [-0.1, -0.05) is 26.0 Å². The van der Waals surface area contributed by atoms with Gasteiger partial charge in [-0.25, -0.2) is 14.4 Å². The number of nitrogens with one attached hydrogen (secondary N) is 3. The molecule has 6 aliphatic heterocycles. The third-order valence-electron chi connectivity index (χ3n) is 13.2. The van der Waals surface area contributed by atoms with Crippen molar-refractivity contribution < 1.29 is 63.9 Å². The van der Waals surface area contributed by atoms with Crippen LogP contribution in [-0.4, -0.2) is 148 Å². The number of carboxylic acid groups (broad SMARTS) is 3. The predicted octanol–water partition coefficient (Wildman–Crippen LogP) is 2.05. The third-order valence-corrected chi connectivity index (χ3v) is 16.2. The highest BCUT2D eigenvalue weighted by Crippen LogP contribution is 2.55. The van der Waals surface area contributed by atoms with E-state index in [1.54, 1.807) is 13.0 Å². The van der Waals surface area contributed by atoms with E-state index >= 15 is 4.79 Å². The predicted molar refractivity (Wildman–Crippen MR) is 235 cm³/mol. The van der Waals surface area contributed by atoms with E-state index in [2.05, 4.69) is 16.0 Å². The van der Waals surface area contributed by atoms with Crippen LogP contribution < -0.4 is 16.0 Å². The van der Waals surface area contributed by atoms with Gasteiger partial charge in [0.25, 0.3) is 5.91 Å². The van der Waals surface area contributed by atoms with E-state index in [0.29, 0.717) is 28.5 Å². The Morgan fingerprint density at radius 1 is 0.692 bits per heavy atom. The number of aromatic carboxylic acids is 2. The largest absolute Gasteiger partial charge is 0.478 e. The normalized spacial score (nSPS) is 30.1. The summed E-state index contributed by atoms with van der Waals surface area (Å²) in [5, 5.41) is 58.2. The molecule has 19 nitrogen and oxygen atoms in total. The molecular formula is C44H48N6O13S2. The standard InChI is InChI=1S/C44H48N6O13S2/c1-17-31-29(19(3)51)39(55)49(31)33(35(17)64-25-13-27(45-15-25)37(53)46-23-9-5-7-21(11-23)42(58)59)41(57)48-16-26(14-28(48)38(54)47-24-10-6-8-22(12-24)43(60)61)65-36-18(2)32-30(20(4)52)40(56)50(32)34(36)44(62)63/h5-12,17-20,25-32,45,51-52H,13-16H2,1-4H3,(H,46,53)(H,47,54)(H,58,59)(H,60,61)(H,62,63)/t17-,18-,19-,20-,25+,26+,27+,28+,29?,30?,31-,32-/m1/s1. The summed E-state index contributed by atoms with van der Waals surface area (Å²) in [5.41, 5.74) is 0.163. The maximum atomic E-state index is 15.3. The number of hydrogen-bond acceptors (Lipinski definition) is 13. The molecule has 0 aliphatic carbocycles. The number of amides is 5. The molecule has 8 rings (SSSR count). The highest BCUT2D eigenvalue weighted by atomic mass is 32.2. The Morgan fingerprint density at radius 2 is 1.18 bits per heavy atom. The Balaban J connectivity index is 1.10. The maximum Gasteiger partial charge on any atom is 0.353 e. The summed E-state index contributed by atoms with van der Waals surface area (Å²) < 4.78 is 0. The lowest BCUT2D eigenvalue weighted by molar-refractivity contribution is -0.163. The van der Waals surface area contributed by atoms with Gasteiger partial charge >= 0.3 is 17.9 Å².